The number of allylic oxidation sites excluding steroid dienone is 6. The quantitative estimate of drug-likeness (QED) is 0.0322. The number of carbonyl (C=O) groups excluding carboxylic acids is 2. The Labute approximate surface area is 373 Å². The standard InChI is InChI=1S/C54H101NO5/c1-4-7-10-13-16-19-22-24-25-26-27-28-29-30-32-35-38-41-44-47-54(59)60-50(45-42-39-36-33-31-23-20-17-14-11-8-5-2)48-53(58)55-51(49-56)52(57)46-43-40-37-34-21-18-15-12-9-6-3/h16,19,24-25,27-28,50-52,56-57H,4-15,17-18,20-23,26,29-49H2,1-3H3,(H,55,58)/b19-16-,25-24-,28-27-. The number of hydrogen-bond donors (Lipinski definition) is 3. The van der Waals surface area contributed by atoms with Crippen molar-refractivity contribution in [3.63, 3.8) is 0 Å². The summed E-state index contributed by atoms with van der Waals surface area (Å²) in [5.41, 5.74) is 0. The highest BCUT2D eigenvalue weighted by Crippen LogP contribution is 2.18. The molecule has 0 fully saturated rings. The zero-order valence-electron chi connectivity index (χ0n) is 40.1. The average Bonchev–Trinajstić information content (AvgIpc) is 3.24. The van der Waals surface area contributed by atoms with Crippen molar-refractivity contribution in [1.82, 2.24) is 5.32 Å². The minimum absolute atomic E-state index is 0.0759. The molecule has 0 saturated carbocycles. The van der Waals surface area contributed by atoms with Crippen LogP contribution >= 0.6 is 0 Å². The summed E-state index contributed by atoms with van der Waals surface area (Å²) in [7, 11) is 0. The first-order valence-electron chi connectivity index (χ1n) is 26.2. The first kappa shape index (κ1) is 58.1. The molecule has 0 heterocycles. The van der Waals surface area contributed by atoms with E-state index < -0.39 is 18.2 Å². The Morgan fingerprint density at radius 1 is 0.483 bits per heavy atom. The predicted octanol–water partition coefficient (Wildman–Crippen LogP) is 15.7. The van der Waals surface area contributed by atoms with Gasteiger partial charge in [0.1, 0.15) is 6.10 Å². The number of carbonyl (C=O) groups is 2. The van der Waals surface area contributed by atoms with Crippen molar-refractivity contribution in [2.24, 2.45) is 0 Å². The maximum absolute atomic E-state index is 13.2. The molecule has 1 amide bonds. The van der Waals surface area contributed by atoms with E-state index in [1.54, 1.807) is 0 Å². The molecule has 0 bridgehead atoms. The monoisotopic (exact) mass is 844 g/mol. The zero-order valence-corrected chi connectivity index (χ0v) is 40.1. The van der Waals surface area contributed by atoms with Crippen LogP contribution in [0, 0.1) is 0 Å². The number of amides is 1. The molecule has 3 unspecified atom stereocenters. The third kappa shape index (κ3) is 42.8. The molecule has 3 atom stereocenters. The van der Waals surface area contributed by atoms with Gasteiger partial charge in [-0.25, -0.2) is 0 Å². The minimum Gasteiger partial charge on any atom is -0.462 e. The number of ether oxygens (including phenoxy) is 1. The Bertz CT molecular complexity index is 993. The Morgan fingerprint density at radius 2 is 0.850 bits per heavy atom. The van der Waals surface area contributed by atoms with Crippen LogP contribution in [0.2, 0.25) is 0 Å². The van der Waals surface area contributed by atoms with Crippen molar-refractivity contribution < 1.29 is 24.5 Å². The van der Waals surface area contributed by atoms with Gasteiger partial charge in [0.15, 0.2) is 0 Å². The molecule has 3 N–H and O–H groups in total. The second-order valence-corrected chi connectivity index (χ2v) is 17.9. The van der Waals surface area contributed by atoms with Crippen LogP contribution in [-0.2, 0) is 14.3 Å². The van der Waals surface area contributed by atoms with Crippen molar-refractivity contribution in [3.8, 4) is 0 Å². The van der Waals surface area contributed by atoms with Gasteiger partial charge in [0, 0.05) is 6.42 Å². The van der Waals surface area contributed by atoms with E-state index in [1.165, 1.54) is 154 Å². The molecule has 0 aliphatic rings. The summed E-state index contributed by atoms with van der Waals surface area (Å²) in [6.07, 6.45) is 56.3. The second-order valence-electron chi connectivity index (χ2n) is 17.9. The number of aliphatic hydroxyl groups excluding tert-OH is 2. The fraction of sp³-hybridized carbons (Fsp3) is 0.852. The van der Waals surface area contributed by atoms with Gasteiger partial charge in [-0.2, -0.15) is 0 Å². The molecule has 0 aromatic carbocycles. The molecule has 6 heteroatoms. The van der Waals surface area contributed by atoms with Gasteiger partial charge in [-0.1, -0.05) is 231 Å². The predicted molar refractivity (Wildman–Crippen MR) is 259 cm³/mol. The van der Waals surface area contributed by atoms with Crippen LogP contribution in [0.4, 0.5) is 0 Å². The van der Waals surface area contributed by atoms with Crippen LogP contribution < -0.4 is 5.32 Å². The molecule has 0 aliphatic carbocycles. The van der Waals surface area contributed by atoms with E-state index in [-0.39, 0.29) is 24.9 Å². The van der Waals surface area contributed by atoms with Crippen molar-refractivity contribution >= 4 is 11.9 Å². The fourth-order valence-electron chi connectivity index (χ4n) is 7.97. The summed E-state index contributed by atoms with van der Waals surface area (Å²) in [5, 5.41) is 23.7. The van der Waals surface area contributed by atoms with Gasteiger partial charge in [0.25, 0.3) is 0 Å². The minimum atomic E-state index is -0.786. The second kappa shape index (κ2) is 48.1. The summed E-state index contributed by atoms with van der Waals surface area (Å²) in [6, 6.07) is -0.699. The third-order valence-electron chi connectivity index (χ3n) is 12.0. The van der Waals surface area contributed by atoms with Crippen molar-refractivity contribution in [1.29, 1.82) is 0 Å². The van der Waals surface area contributed by atoms with Crippen LogP contribution in [0.5, 0.6) is 0 Å². The van der Waals surface area contributed by atoms with Gasteiger partial charge in [-0.05, 0) is 64.2 Å². The fourth-order valence-corrected chi connectivity index (χ4v) is 7.97. The molecule has 0 aliphatic heterocycles. The zero-order chi connectivity index (χ0) is 43.8. The van der Waals surface area contributed by atoms with E-state index in [4.69, 9.17) is 4.74 Å². The first-order chi connectivity index (χ1) is 29.5. The molecular formula is C54H101NO5. The average molecular weight is 844 g/mol. The smallest absolute Gasteiger partial charge is 0.306 e. The number of esters is 1. The van der Waals surface area contributed by atoms with E-state index in [0.717, 1.165) is 70.6 Å². The lowest BCUT2D eigenvalue weighted by atomic mass is 10.0. The van der Waals surface area contributed by atoms with Crippen molar-refractivity contribution in [3.05, 3.63) is 36.5 Å². The molecule has 0 saturated heterocycles. The van der Waals surface area contributed by atoms with Crippen LogP contribution in [0.15, 0.2) is 36.5 Å². The molecule has 0 aromatic rings. The van der Waals surface area contributed by atoms with E-state index in [1.807, 2.05) is 0 Å². The Hall–Kier alpha value is -1.92. The number of unbranched alkanes of at least 4 members (excludes halogenated alkanes) is 29. The van der Waals surface area contributed by atoms with Crippen LogP contribution in [0.25, 0.3) is 0 Å². The number of aliphatic hydroxyl groups is 2. The van der Waals surface area contributed by atoms with E-state index >= 15 is 0 Å². The van der Waals surface area contributed by atoms with E-state index in [2.05, 4.69) is 62.5 Å². The Kier molecular flexibility index (Phi) is 46.6. The molecule has 352 valence electrons. The SMILES string of the molecule is CCCCC/C=C\C/C=C\C/C=C\CCCCCCCCC(=O)OC(CCCCCCCCCCCCCC)CC(=O)NC(CO)C(O)CCCCCCCCCCCC. The highest BCUT2D eigenvalue weighted by Gasteiger charge is 2.24. The highest BCUT2D eigenvalue weighted by atomic mass is 16.5. The molecule has 0 rings (SSSR count). The molecule has 6 nitrogen and oxygen atoms in total. The summed E-state index contributed by atoms with van der Waals surface area (Å²) >= 11 is 0. The van der Waals surface area contributed by atoms with Gasteiger partial charge in [-0.15, -0.1) is 0 Å². The third-order valence-corrected chi connectivity index (χ3v) is 12.0. The highest BCUT2D eigenvalue weighted by molar-refractivity contribution is 5.77. The molecule has 0 aromatic heterocycles. The summed E-state index contributed by atoms with van der Waals surface area (Å²) in [4.78, 5) is 26.1. The summed E-state index contributed by atoms with van der Waals surface area (Å²) in [6.45, 7) is 6.45. The lowest BCUT2D eigenvalue weighted by Gasteiger charge is -2.24. The maximum Gasteiger partial charge on any atom is 0.306 e. The van der Waals surface area contributed by atoms with Gasteiger partial charge in [0.2, 0.25) is 5.91 Å². The first-order valence-corrected chi connectivity index (χ1v) is 26.2. The van der Waals surface area contributed by atoms with Gasteiger partial charge < -0.3 is 20.3 Å². The van der Waals surface area contributed by atoms with Crippen molar-refractivity contribution in [2.75, 3.05) is 6.61 Å². The Morgan fingerprint density at radius 3 is 1.32 bits per heavy atom. The Balaban J connectivity index is 4.52. The van der Waals surface area contributed by atoms with Gasteiger partial charge in [-0.3, -0.25) is 9.59 Å². The number of hydrogen-bond acceptors (Lipinski definition) is 5. The van der Waals surface area contributed by atoms with E-state index in [9.17, 15) is 19.8 Å². The summed E-state index contributed by atoms with van der Waals surface area (Å²) in [5.74, 6) is -0.478. The lowest BCUT2D eigenvalue weighted by Crippen LogP contribution is -2.46. The summed E-state index contributed by atoms with van der Waals surface area (Å²) < 4.78 is 5.93. The molecule has 0 spiro atoms. The normalized spacial score (nSPS) is 13.5. The molecule has 0 radical (unpaired) electrons. The lowest BCUT2D eigenvalue weighted by molar-refractivity contribution is -0.151. The largest absolute Gasteiger partial charge is 0.462 e. The number of nitrogens with one attached hydrogen (secondary N) is 1. The van der Waals surface area contributed by atoms with Gasteiger partial charge in [0.05, 0.1) is 25.2 Å². The topological polar surface area (TPSA) is 95.9 Å². The van der Waals surface area contributed by atoms with Crippen LogP contribution in [0.3, 0.4) is 0 Å². The maximum atomic E-state index is 13.2. The van der Waals surface area contributed by atoms with Crippen molar-refractivity contribution in [2.45, 2.75) is 289 Å². The van der Waals surface area contributed by atoms with E-state index in [0.29, 0.717) is 19.3 Å². The van der Waals surface area contributed by atoms with Crippen LogP contribution in [-0.4, -0.2) is 46.9 Å². The van der Waals surface area contributed by atoms with Gasteiger partial charge >= 0.3 is 5.97 Å². The molecular weight excluding hydrogens is 743 g/mol. The molecule has 60 heavy (non-hydrogen) atoms. The number of rotatable bonds is 47. The van der Waals surface area contributed by atoms with Crippen LogP contribution in [0.1, 0.15) is 271 Å².